The summed E-state index contributed by atoms with van der Waals surface area (Å²) in [7, 11) is 7.17. The Morgan fingerprint density at radius 3 is 1.50 bits per heavy atom. The molecule has 0 heterocycles. The van der Waals surface area contributed by atoms with Crippen molar-refractivity contribution in [2.24, 2.45) is 11.8 Å². The summed E-state index contributed by atoms with van der Waals surface area (Å²) in [6.07, 6.45) is 0. The molecular formula is C23H58Cl2N4O3Si2. The van der Waals surface area contributed by atoms with Gasteiger partial charge in [-0.15, -0.1) is 0 Å². The predicted molar refractivity (Wildman–Crippen MR) is 142 cm³/mol. The largest absolute Gasteiger partial charge is 1.00 e. The number of hydrogen-bond acceptors (Lipinski definition) is 5. The van der Waals surface area contributed by atoms with Crippen LogP contribution in [0.2, 0.25) is 38.3 Å². The molecule has 11 heteroatoms. The molecule has 0 saturated carbocycles. The molecule has 0 bridgehead atoms. The minimum absolute atomic E-state index is 0. The van der Waals surface area contributed by atoms with Crippen LogP contribution in [0.5, 0.6) is 0 Å². The number of quaternary nitrogens is 2. The molecule has 34 heavy (non-hydrogen) atoms. The van der Waals surface area contributed by atoms with E-state index in [1.165, 1.54) is 4.90 Å². The average molecular weight is 566 g/mol. The molecular weight excluding hydrogens is 507 g/mol. The molecule has 0 aromatic heterocycles. The van der Waals surface area contributed by atoms with Gasteiger partial charge < -0.3 is 59.2 Å². The highest BCUT2D eigenvalue weighted by Gasteiger charge is 2.35. The third-order valence-electron chi connectivity index (χ3n) is 5.61. The molecule has 0 aromatic carbocycles. The quantitative estimate of drug-likeness (QED) is 0.0847. The van der Waals surface area contributed by atoms with Gasteiger partial charge in [-0.2, -0.15) is 0 Å². The Balaban J connectivity index is -0.00000480. The van der Waals surface area contributed by atoms with Crippen molar-refractivity contribution >= 4 is 16.6 Å². The third-order valence-corrected chi connectivity index (χ3v) is 13.4. The Hall–Kier alpha value is 0.734. The smallest absolute Gasteiger partial charge is 0.173 e. The van der Waals surface area contributed by atoms with Crippen molar-refractivity contribution in [2.75, 3.05) is 74.6 Å². The molecule has 7 nitrogen and oxygen atoms in total. The van der Waals surface area contributed by atoms with Crippen molar-refractivity contribution in [2.45, 2.75) is 64.2 Å². The van der Waals surface area contributed by atoms with Crippen LogP contribution in [0, 0.1) is 11.8 Å². The number of aliphatic hydroxyl groups is 2. The minimum Gasteiger partial charge on any atom is -1.00 e. The normalized spacial score (nSPS) is 16.4. The van der Waals surface area contributed by atoms with E-state index in [0.29, 0.717) is 11.8 Å². The number of halogens is 2. The third kappa shape index (κ3) is 20.9. The van der Waals surface area contributed by atoms with Gasteiger partial charge in [0.15, 0.2) is 16.6 Å². The number of nitrogens with zero attached hydrogens (tertiary/aromatic N) is 1. The topological polar surface area (TPSA) is 78.2 Å². The summed E-state index contributed by atoms with van der Waals surface area (Å²) < 4.78 is 7.74. The second-order valence-electron chi connectivity index (χ2n) is 12.7. The number of nitrogens with one attached hydrogen (secondary N) is 3. The molecule has 0 aromatic rings. The summed E-state index contributed by atoms with van der Waals surface area (Å²) in [5.41, 5.74) is 0. The lowest BCUT2D eigenvalue weighted by Crippen LogP contribution is -3.07. The summed E-state index contributed by atoms with van der Waals surface area (Å²) in [6.45, 7) is 18.1. The van der Waals surface area contributed by atoms with E-state index in [9.17, 15) is 10.2 Å². The van der Waals surface area contributed by atoms with E-state index < -0.39 is 16.6 Å². The van der Waals surface area contributed by atoms with E-state index in [1.54, 1.807) is 0 Å². The van der Waals surface area contributed by atoms with Crippen LogP contribution in [0.25, 0.3) is 0 Å². The Morgan fingerprint density at radius 1 is 0.794 bits per heavy atom. The maximum absolute atomic E-state index is 9.70. The number of aliphatic hydroxyl groups excluding tert-OH is 2. The zero-order valence-electron chi connectivity index (χ0n) is 24.0. The van der Waals surface area contributed by atoms with Crippen molar-refractivity contribution < 1.29 is 48.5 Å². The van der Waals surface area contributed by atoms with Crippen molar-refractivity contribution in [3.63, 3.8) is 0 Å². The Morgan fingerprint density at radius 2 is 1.18 bits per heavy atom. The van der Waals surface area contributed by atoms with Crippen LogP contribution in [0.1, 0.15) is 13.8 Å². The first-order chi connectivity index (χ1) is 14.5. The molecule has 210 valence electrons. The zero-order chi connectivity index (χ0) is 25.2. The standard InChI is InChI=1S/C23H57N4O3Si2.2ClH/c1-20(12-24-22(16-28)14-26(3)4)18-31(8,9)30-32(10,11)19-21(2)13-25-23(17-29)15-27(5,6)7;;/h20-25,28-29H,12-19H2,1-11H3;2*1H/q+1;;/p-1. The SMILES string of the molecule is CC(CNC(CO)C[NH+](C)C)C[Si](C)(C)O[Si](C)(C)CC(C)CNC(CO)C[N+](C)(C)C.[Cl-].[Cl-]. The Bertz CT molecular complexity index is 513. The van der Waals surface area contributed by atoms with Gasteiger partial charge in [0.05, 0.1) is 73.6 Å². The van der Waals surface area contributed by atoms with Crippen LogP contribution in [-0.4, -0.2) is 118 Å². The molecule has 0 radical (unpaired) electrons. The maximum Gasteiger partial charge on any atom is 0.173 e. The van der Waals surface area contributed by atoms with E-state index in [1.807, 2.05) is 0 Å². The van der Waals surface area contributed by atoms with Crippen molar-refractivity contribution in [1.82, 2.24) is 10.6 Å². The molecule has 0 aliphatic rings. The fourth-order valence-electron chi connectivity index (χ4n) is 4.93. The van der Waals surface area contributed by atoms with Crippen molar-refractivity contribution in [3.8, 4) is 0 Å². The molecule has 0 rings (SSSR count). The highest BCUT2D eigenvalue weighted by molar-refractivity contribution is 6.84. The van der Waals surface area contributed by atoms with Crippen LogP contribution >= 0.6 is 0 Å². The van der Waals surface area contributed by atoms with Crippen molar-refractivity contribution in [3.05, 3.63) is 0 Å². The van der Waals surface area contributed by atoms with Gasteiger partial charge in [0.2, 0.25) is 0 Å². The number of hydrogen-bond donors (Lipinski definition) is 5. The van der Waals surface area contributed by atoms with Gasteiger partial charge >= 0.3 is 0 Å². The second kappa shape index (κ2) is 18.1. The molecule has 0 amide bonds. The van der Waals surface area contributed by atoms with Crippen LogP contribution in [-0.2, 0) is 4.12 Å². The van der Waals surface area contributed by atoms with Crippen LogP contribution in [0.4, 0.5) is 0 Å². The summed E-state index contributed by atoms with van der Waals surface area (Å²) in [5, 5.41) is 26.4. The van der Waals surface area contributed by atoms with Gasteiger partial charge in [0.25, 0.3) is 0 Å². The lowest BCUT2D eigenvalue weighted by atomic mass is 10.2. The Labute approximate surface area is 226 Å². The van der Waals surface area contributed by atoms with Gasteiger partial charge in [0.1, 0.15) is 0 Å². The fraction of sp³-hybridized carbons (Fsp3) is 1.00. The van der Waals surface area contributed by atoms with Gasteiger partial charge in [-0.3, -0.25) is 0 Å². The van der Waals surface area contributed by atoms with E-state index in [-0.39, 0.29) is 50.1 Å². The first kappa shape index (κ1) is 39.2. The fourth-order valence-corrected chi connectivity index (χ4v) is 15.2. The highest BCUT2D eigenvalue weighted by atomic mass is 35.5. The minimum atomic E-state index is -1.78. The van der Waals surface area contributed by atoms with Crippen LogP contribution in [0.3, 0.4) is 0 Å². The molecule has 0 saturated heterocycles. The van der Waals surface area contributed by atoms with E-state index in [2.05, 4.69) is 85.9 Å². The van der Waals surface area contributed by atoms with Crippen LogP contribution in [0.15, 0.2) is 0 Å². The lowest BCUT2D eigenvalue weighted by molar-refractivity contribution is -0.871. The highest BCUT2D eigenvalue weighted by Crippen LogP contribution is 2.27. The number of likely N-dealkylation sites (N-methyl/N-ethyl adjacent to an activating group) is 2. The number of rotatable bonds is 18. The summed E-state index contributed by atoms with van der Waals surface area (Å²) in [6, 6.07) is 2.56. The monoisotopic (exact) mass is 564 g/mol. The van der Waals surface area contributed by atoms with Gasteiger partial charge in [-0.25, -0.2) is 0 Å². The summed E-state index contributed by atoms with van der Waals surface area (Å²) in [5.74, 6) is 1.06. The van der Waals surface area contributed by atoms with Gasteiger partial charge in [0, 0.05) is 0 Å². The van der Waals surface area contributed by atoms with E-state index >= 15 is 0 Å². The summed E-state index contributed by atoms with van der Waals surface area (Å²) in [4.78, 5) is 1.35. The molecule has 4 atom stereocenters. The van der Waals surface area contributed by atoms with Gasteiger partial charge in [-0.05, 0) is 63.2 Å². The molecule has 0 spiro atoms. The second-order valence-corrected chi connectivity index (χ2v) is 21.4. The summed E-state index contributed by atoms with van der Waals surface area (Å²) >= 11 is 0. The molecule has 5 N–H and O–H groups in total. The van der Waals surface area contributed by atoms with E-state index in [0.717, 1.165) is 42.8 Å². The van der Waals surface area contributed by atoms with Gasteiger partial charge in [-0.1, -0.05) is 13.8 Å². The average Bonchev–Trinajstić information content (AvgIpc) is 2.58. The molecule has 0 aliphatic carbocycles. The predicted octanol–water partition coefficient (Wildman–Crippen LogP) is -5.55. The first-order valence-electron chi connectivity index (χ1n) is 12.5. The maximum atomic E-state index is 9.70. The first-order valence-corrected chi connectivity index (χ1v) is 18.7. The Kier molecular flexibility index (Phi) is 20.9. The molecule has 0 fully saturated rings. The lowest BCUT2D eigenvalue weighted by Gasteiger charge is -2.37. The van der Waals surface area contributed by atoms with Crippen LogP contribution < -0.4 is 40.3 Å². The molecule has 0 aliphatic heterocycles. The van der Waals surface area contributed by atoms with Crippen molar-refractivity contribution in [1.29, 1.82) is 0 Å². The molecule has 4 unspecified atom stereocenters. The zero-order valence-corrected chi connectivity index (χ0v) is 27.5. The van der Waals surface area contributed by atoms with E-state index in [4.69, 9.17) is 4.12 Å².